The van der Waals surface area contributed by atoms with Crippen molar-refractivity contribution in [3.63, 3.8) is 0 Å². The van der Waals surface area contributed by atoms with Crippen LogP contribution >= 0.6 is 0 Å². The van der Waals surface area contributed by atoms with Crippen molar-refractivity contribution in [2.75, 3.05) is 20.3 Å². The first-order chi connectivity index (χ1) is 13.9. The smallest absolute Gasteiger partial charge is 0.325 e. The van der Waals surface area contributed by atoms with Gasteiger partial charge < -0.3 is 19.7 Å². The monoisotopic (exact) mass is 398 g/mol. The number of benzene rings is 2. The third-order valence-corrected chi connectivity index (χ3v) is 4.24. The normalized spacial score (nSPS) is 10.3. The fraction of sp³-hybridized carbons (Fsp3) is 0.318. The quantitative estimate of drug-likeness (QED) is 0.656. The van der Waals surface area contributed by atoms with Crippen molar-refractivity contribution in [3.05, 3.63) is 65.7 Å². The molecule has 2 amide bonds. The van der Waals surface area contributed by atoms with Gasteiger partial charge in [-0.05, 0) is 43.7 Å². The van der Waals surface area contributed by atoms with E-state index in [4.69, 9.17) is 9.47 Å². The predicted molar refractivity (Wildman–Crippen MR) is 108 cm³/mol. The molecule has 1 N–H and O–H groups in total. The number of carbonyl (C=O) groups is 3. The first kappa shape index (κ1) is 21.9. The van der Waals surface area contributed by atoms with Crippen LogP contribution in [0.25, 0.3) is 0 Å². The lowest BCUT2D eigenvalue weighted by Gasteiger charge is -2.26. The third-order valence-electron chi connectivity index (χ3n) is 4.24. The Morgan fingerprint density at radius 1 is 1.00 bits per heavy atom. The number of amides is 2. The molecule has 29 heavy (non-hydrogen) atoms. The molecule has 0 aliphatic heterocycles. The van der Waals surface area contributed by atoms with Crippen molar-refractivity contribution < 1.29 is 23.9 Å². The number of ether oxygens (including phenoxy) is 2. The van der Waals surface area contributed by atoms with E-state index >= 15 is 0 Å². The lowest BCUT2D eigenvalue weighted by Crippen LogP contribution is -2.40. The van der Waals surface area contributed by atoms with Gasteiger partial charge in [0.25, 0.3) is 11.8 Å². The molecule has 2 aromatic rings. The fourth-order valence-electron chi connectivity index (χ4n) is 2.61. The molecule has 0 heterocycles. The molecule has 0 bridgehead atoms. The zero-order chi connectivity index (χ0) is 21.2. The Hall–Kier alpha value is -3.35. The minimum atomic E-state index is -0.677. The van der Waals surface area contributed by atoms with Crippen LogP contribution in [0.5, 0.6) is 5.75 Å². The van der Waals surface area contributed by atoms with Gasteiger partial charge in [0.1, 0.15) is 12.3 Å². The lowest BCUT2D eigenvalue weighted by atomic mass is 10.2. The second-order valence-corrected chi connectivity index (χ2v) is 6.67. The SMILES string of the molecule is COc1ccc(C(=O)NCC(=O)OCC(=O)N(Cc2ccccc2)C(C)C)cc1. The number of nitrogens with one attached hydrogen (secondary N) is 1. The number of hydrogen-bond donors (Lipinski definition) is 1. The predicted octanol–water partition coefficient (Wildman–Crippen LogP) is 2.41. The lowest BCUT2D eigenvalue weighted by molar-refractivity contribution is -0.152. The average Bonchev–Trinajstić information content (AvgIpc) is 2.74. The van der Waals surface area contributed by atoms with Crippen LogP contribution in [0.4, 0.5) is 0 Å². The van der Waals surface area contributed by atoms with Gasteiger partial charge in [0.2, 0.25) is 0 Å². The van der Waals surface area contributed by atoms with Crippen molar-refractivity contribution in [2.45, 2.75) is 26.4 Å². The molecule has 0 spiro atoms. The summed E-state index contributed by atoms with van der Waals surface area (Å²) in [6.45, 7) is 3.54. The minimum Gasteiger partial charge on any atom is -0.497 e. The Kier molecular flexibility index (Phi) is 8.21. The summed E-state index contributed by atoms with van der Waals surface area (Å²) in [4.78, 5) is 38.1. The van der Waals surface area contributed by atoms with E-state index in [1.807, 2.05) is 44.2 Å². The van der Waals surface area contributed by atoms with Crippen LogP contribution in [0.1, 0.15) is 29.8 Å². The summed E-state index contributed by atoms with van der Waals surface area (Å²) in [6.07, 6.45) is 0. The van der Waals surface area contributed by atoms with E-state index in [2.05, 4.69) is 5.32 Å². The second-order valence-electron chi connectivity index (χ2n) is 6.67. The molecule has 7 nitrogen and oxygen atoms in total. The summed E-state index contributed by atoms with van der Waals surface area (Å²) in [5, 5.41) is 2.47. The van der Waals surface area contributed by atoms with Crippen LogP contribution < -0.4 is 10.1 Å². The van der Waals surface area contributed by atoms with Crippen LogP contribution in [0.3, 0.4) is 0 Å². The highest BCUT2D eigenvalue weighted by Gasteiger charge is 2.19. The Morgan fingerprint density at radius 3 is 2.24 bits per heavy atom. The first-order valence-corrected chi connectivity index (χ1v) is 9.32. The van der Waals surface area contributed by atoms with Gasteiger partial charge in [-0.3, -0.25) is 14.4 Å². The number of methoxy groups -OCH3 is 1. The highest BCUT2D eigenvalue weighted by atomic mass is 16.5. The zero-order valence-electron chi connectivity index (χ0n) is 16.9. The summed E-state index contributed by atoms with van der Waals surface area (Å²) in [5.74, 6) is -0.754. The van der Waals surface area contributed by atoms with Crippen molar-refractivity contribution in [2.24, 2.45) is 0 Å². The Balaban J connectivity index is 1.80. The molecule has 0 atom stereocenters. The van der Waals surface area contributed by atoms with E-state index in [1.165, 1.54) is 7.11 Å². The molecule has 7 heteroatoms. The summed E-state index contributed by atoms with van der Waals surface area (Å²) in [5.41, 5.74) is 1.39. The molecular weight excluding hydrogens is 372 g/mol. The maximum Gasteiger partial charge on any atom is 0.325 e. The summed E-state index contributed by atoms with van der Waals surface area (Å²) in [7, 11) is 1.53. The van der Waals surface area contributed by atoms with Crippen LogP contribution in [-0.4, -0.2) is 49.0 Å². The van der Waals surface area contributed by atoms with Crippen molar-refractivity contribution >= 4 is 17.8 Å². The molecule has 0 fully saturated rings. The molecular formula is C22H26N2O5. The first-order valence-electron chi connectivity index (χ1n) is 9.32. The van der Waals surface area contributed by atoms with E-state index in [1.54, 1.807) is 29.2 Å². The Bertz CT molecular complexity index is 819. The average molecular weight is 398 g/mol. The largest absolute Gasteiger partial charge is 0.497 e. The molecule has 0 unspecified atom stereocenters. The maximum absolute atomic E-state index is 12.5. The van der Waals surface area contributed by atoms with Gasteiger partial charge in [-0.15, -0.1) is 0 Å². The third kappa shape index (κ3) is 6.95. The second kappa shape index (κ2) is 10.8. The van der Waals surface area contributed by atoms with E-state index in [9.17, 15) is 14.4 Å². The fourth-order valence-corrected chi connectivity index (χ4v) is 2.61. The van der Waals surface area contributed by atoms with Crippen LogP contribution in [0.15, 0.2) is 54.6 Å². The Morgan fingerprint density at radius 2 is 1.66 bits per heavy atom. The molecule has 2 aromatic carbocycles. The van der Waals surface area contributed by atoms with Gasteiger partial charge in [-0.1, -0.05) is 30.3 Å². The minimum absolute atomic E-state index is 0.0452. The number of hydrogen-bond acceptors (Lipinski definition) is 5. The van der Waals surface area contributed by atoms with E-state index in [0.29, 0.717) is 17.9 Å². The summed E-state index contributed by atoms with van der Waals surface area (Å²) in [6, 6.07) is 16.0. The molecule has 0 aromatic heterocycles. The molecule has 2 rings (SSSR count). The van der Waals surface area contributed by atoms with Gasteiger partial charge in [0.05, 0.1) is 7.11 Å². The topological polar surface area (TPSA) is 84.9 Å². The van der Waals surface area contributed by atoms with Gasteiger partial charge >= 0.3 is 5.97 Å². The molecule has 154 valence electrons. The maximum atomic E-state index is 12.5. The van der Waals surface area contributed by atoms with E-state index in [-0.39, 0.29) is 25.1 Å². The molecule has 0 aliphatic rings. The van der Waals surface area contributed by atoms with Crippen molar-refractivity contribution in [3.8, 4) is 5.75 Å². The molecule has 0 radical (unpaired) electrons. The standard InChI is InChI=1S/C22H26N2O5/c1-16(2)24(14-17-7-5-4-6-8-17)20(25)15-29-21(26)13-23-22(27)18-9-11-19(28-3)12-10-18/h4-12,16H,13-15H2,1-3H3,(H,23,27). The molecule has 0 saturated carbocycles. The summed E-state index contributed by atoms with van der Waals surface area (Å²) >= 11 is 0. The van der Waals surface area contributed by atoms with Gasteiger partial charge in [0, 0.05) is 18.2 Å². The highest BCUT2D eigenvalue weighted by molar-refractivity contribution is 5.96. The van der Waals surface area contributed by atoms with Gasteiger partial charge in [0.15, 0.2) is 6.61 Å². The van der Waals surface area contributed by atoms with Crippen LogP contribution in [0, 0.1) is 0 Å². The van der Waals surface area contributed by atoms with Gasteiger partial charge in [-0.2, -0.15) is 0 Å². The highest BCUT2D eigenvalue weighted by Crippen LogP contribution is 2.11. The van der Waals surface area contributed by atoms with Gasteiger partial charge in [-0.25, -0.2) is 0 Å². The number of esters is 1. The number of carbonyl (C=O) groups excluding carboxylic acids is 3. The number of nitrogens with zero attached hydrogens (tertiary/aromatic N) is 1. The van der Waals surface area contributed by atoms with Crippen LogP contribution in [0.2, 0.25) is 0 Å². The Labute approximate surface area is 170 Å². The van der Waals surface area contributed by atoms with E-state index < -0.39 is 11.9 Å². The van der Waals surface area contributed by atoms with Crippen LogP contribution in [-0.2, 0) is 20.9 Å². The number of rotatable bonds is 9. The van der Waals surface area contributed by atoms with E-state index in [0.717, 1.165) is 5.56 Å². The molecule has 0 saturated heterocycles. The zero-order valence-corrected chi connectivity index (χ0v) is 16.9. The molecule has 0 aliphatic carbocycles. The van der Waals surface area contributed by atoms with Crippen molar-refractivity contribution in [1.82, 2.24) is 10.2 Å². The summed E-state index contributed by atoms with van der Waals surface area (Å²) < 4.78 is 10.1. The van der Waals surface area contributed by atoms with Crippen molar-refractivity contribution in [1.29, 1.82) is 0 Å².